The first-order valence-electron chi connectivity index (χ1n) is 9.86. The second-order valence-electron chi connectivity index (χ2n) is 7.68. The molecule has 0 aliphatic carbocycles. The fourth-order valence-electron chi connectivity index (χ4n) is 3.75. The molecule has 1 aromatic carbocycles. The van der Waals surface area contributed by atoms with Crippen molar-refractivity contribution >= 4 is 34.9 Å². The Morgan fingerprint density at radius 2 is 1.91 bits per heavy atom. The number of fused-ring (bicyclic) bond motifs is 1. The Morgan fingerprint density at radius 3 is 2.56 bits per heavy atom. The van der Waals surface area contributed by atoms with Crippen molar-refractivity contribution in [3.05, 3.63) is 53.2 Å². The molecule has 11 heteroatoms. The molecule has 4 rings (SSSR count). The minimum atomic E-state index is -2.91. The highest BCUT2D eigenvalue weighted by molar-refractivity contribution is 5.90. The number of nitrogens with zero attached hydrogens (tertiary/aromatic N) is 4. The summed E-state index contributed by atoms with van der Waals surface area (Å²) in [4.78, 5) is 14.9. The number of hydrogen-bond donors (Lipinski definition) is 2. The second kappa shape index (κ2) is 9.41. The van der Waals surface area contributed by atoms with Crippen molar-refractivity contribution in [2.75, 3.05) is 23.3 Å². The van der Waals surface area contributed by atoms with Crippen LogP contribution in [-0.4, -0.2) is 40.3 Å². The Morgan fingerprint density at radius 1 is 1.19 bits per heavy atom. The van der Waals surface area contributed by atoms with Gasteiger partial charge in [0.05, 0.1) is 35.9 Å². The monoisotopic (exact) mass is 470 g/mol. The van der Waals surface area contributed by atoms with Gasteiger partial charge in [0.25, 0.3) is 6.43 Å². The van der Waals surface area contributed by atoms with Crippen LogP contribution < -0.4 is 16.0 Å². The first-order chi connectivity index (χ1) is 14.7. The van der Waals surface area contributed by atoms with E-state index < -0.39 is 36.1 Å². The van der Waals surface area contributed by atoms with Gasteiger partial charge in [-0.2, -0.15) is 0 Å². The number of nitrogens with one attached hydrogen (secondary N) is 1. The van der Waals surface area contributed by atoms with E-state index in [-0.39, 0.29) is 24.5 Å². The van der Waals surface area contributed by atoms with Gasteiger partial charge >= 0.3 is 0 Å². The summed E-state index contributed by atoms with van der Waals surface area (Å²) in [6.07, 6.45) is -2.49. The molecule has 1 unspecified atom stereocenters. The number of aromatic nitrogens is 3. The molecule has 6 nitrogen and oxygen atoms in total. The van der Waals surface area contributed by atoms with Crippen LogP contribution in [0.3, 0.4) is 0 Å². The average molecular weight is 471 g/mol. The third-order valence-corrected chi connectivity index (χ3v) is 5.41. The molecule has 3 atom stereocenters. The predicted octanol–water partition coefficient (Wildman–Crippen LogP) is 4.49. The van der Waals surface area contributed by atoms with Crippen molar-refractivity contribution < 1.29 is 17.6 Å². The van der Waals surface area contributed by atoms with Crippen LogP contribution in [0.5, 0.6) is 0 Å². The molecule has 0 spiro atoms. The van der Waals surface area contributed by atoms with E-state index in [1.807, 2.05) is 0 Å². The number of aryl methyl sites for hydroxylation is 1. The number of alkyl halides is 3. The summed E-state index contributed by atoms with van der Waals surface area (Å²) in [5, 5.41) is 3.70. The topological polar surface area (TPSA) is 80.0 Å². The van der Waals surface area contributed by atoms with Crippen LogP contribution in [0.25, 0.3) is 10.9 Å². The number of hydrogen-bond acceptors (Lipinski definition) is 6. The molecular formula is C21H23ClF4N6. The molecule has 0 amide bonds. The zero-order valence-corrected chi connectivity index (χ0v) is 18.2. The van der Waals surface area contributed by atoms with Crippen molar-refractivity contribution in [2.24, 2.45) is 5.73 Å². The molecule has 0 bridgehead atoms. The maximum Gasteiger partial charge on any atom is 0.266 e. The summed E-state index contributed by atoms with van der Waals surface area (Å²) >= 11 is 0. The Bertz CT molecular complexity index is 1110. The predicted molar refractivity (Wildman–Crippen MR) is 118 cm³/mol. The number of nitrogens with two attached hydrogens (primary N) is 1. The van der Waals surface area contributed by atoms with Crippen LogP contribution >= 0.6 is 12.4 Å². The van der Waals surface area contributed by atoms with Crippen molar-refractivity contribution in [3.63, 3.8) is 0 Å². The van der Waals surface area contributed by atoms with Gasteiger partial charge in [0.1, 0.15) is 29.4 Å². The van der Waals surface area contributed by atoms with E-state index in [1.165, 1.54) is 12.1 Å². The Labute approximate surface area is 188 Å². The summed E-state index contributed by atoms with van der Waals surface area (Å²) in [6.45, 7) is 3.83. The molecule has 0 saturated carbocycles. The minimum Gasteiger partial charge on any atom is -0.363 e. The smallest absolute Gasteiger partial charge is 0.266 e. The molecule has 1 fully saturated rings. The lowest BCUT2D eigenvalue weighted by atomic mass is 10.0. The van der Waals surface area contributed by atoms with Crippen LogP contribution in [0.2, 0.25) is 0 Å². The second-order valence-corrected chi connectivity index (χ2v) is 7.68. The van der Waals surface area contributed by atoms with Crippen LogP contribution in [0.1, 0.15) is 36.3 Å². The van der Waals surface area contributed by atoms with Crippen LogP contribution in [-0.2, 0) is 0 Å². The lowest BCUT2D eigenvalue weighted by Gasteiger charge is -2.20. The number of rotatable bonds is 5. The van der Waals surface area contributed by atoms with Crippen molar-refractivity contribution in [3.8, 4) is 0 Å². The minimum absolute atomic E-state index is 0. The summed E-state index contributed by atoms with van der Waals surface area (Å²) in [6, 6.07) is 4.40. The van der Waals surface area contributed by atoms with Gasteiger partial charge in [-0.05, 0) is 19.9 Å². The highest BCUT2D eigenvalue weighted by Crippen LogP contribution is 2.31. The average Bonchev–Trinajstić information content (AvgIpc) is 3.06. The zero-order valence-electron chi connectivity index (χ0n) is 17.4. The molecule has 1 saturated heterocycles. The van der Waals surface area contributed by atoms with E-state index in [4.69, 9.17) is 5.73 Å². The normalized spacial score (nSPS) is 19.3. The zero-order chi connectivity index (χ0) is 22.3. The van der Waals surface area contributed by atoms with Gasteiger partial charge in [0.2, 0.25) is 0 Å². The Hall–Kier alpha value is -2.72. The highest BCUT2D eigenvalue weighted by atomic mass is 35.5. The molecule has 3 N–H and O–H groups in total. The third-order valence-electron chi connectivity index (χ3n) is 5.41. The quantitative estimate of drug-likeness (QED) is 0.535. The summed E-state index contributed by atoms with van der Waals surface area (Å²) in [5.41, 5.74) is 5.78. The van der Waals surface area contributed by atoms with Crippen LogP contribution in [0.4, 0.5) is 29.2 Å². The van der Waals surface area contributed by atoms with Gasteiger partial charge in [-0.1, -0.05) is 18.2 Å². The number of benzene rings is 1. The lowest BCUT2D eigenvalue weighted by molar-refractivity contribution is 0.146. The SMILES string of the molecule is Cc1nc(NC(C)c2cccc(C(F)F)c2F)c2cc(N3C[C@@H](N)[C@H](F)C3)ncc2n1.Cl. The van der Waals surface area contributed by atoms with Gasteiger partial charge < -0.3 is 16.0 Å². The lowest BCUT2D eigenvalue weighted by Crippen LogP contribution is -2.30. The van der Waals surface area contributed by atoms with E-state index in [9.17, 15) is 17.6 Å². The van der Waals surface area contributed by atoms with Crippen molar-refractivity contribution in [1.29, 1.82) is 0 Å². The molecule has 2 aromatic heterocycles. The van der Waals surface area contributed by atoms with E-state index >= 15 is 0 Å². The summed E-state index contributed by atoms with van der Waals surface area (Å²) in [7, 11) is 0. The van der Waals surface area contributed by atoms with Gasteiger partial charge in [0, 0.05) is 17.5 Å². The Balaban J connectivity index is 0.00000289. The molecular weight excluding hydrogens is 448 g/mol. The van der Waals surface area contributed by atoms with Gasteiger partial charge in [0.15, 0.2) is 0 Å². The fraction of sp³-hybridized carbons (Fsp3) is 0.381. The molecule has 0 radical (unpaired) electrons. The van der Waals surface area contributed by atoms with Crippen LogP contribution in [0, 0.1) is 12.7 Å². The largest absolute Gasteiger partial charge is 0.363 e. The maximum absolute atomic E-state index is 14.6. The number of pyridine rings is 1. The fourth-order valence-corrected chi connectivity index (χ4v) is 3.75. The molecule has 32 heavy (non-hydrogen) atoms. The van der Waals surface area contributed by atoms with Gasteiger partial charge in [-0.15, -0.1) is 12.4 Å². The van der Waals surface area contributed by atoms with E-state index in [0.29, 0.717) is 34.9 Å². The first-order valence-corrected chi connectivity index (χ1v) is 9.86. The van der Waals surface area contributed by atoms with Crippen molar-refractivity contribution in [1.82, 2.24) is 15.0 Å². The van der Waals surface area contributed by atoms with Gasteiger partial charge in [-0.25, -0.2) is 32.5 Å². The summed E-state index contributed by atoms with van der Waals surface area (Å²) < 4.78 is 54.6. The van der Waals surface area contributed by atoms with E-state index in [2.05, 4.69) is 20.3 Å². The molecule has 3 aromatic rings. The molecule has 1 aliphatic heterocycles. The standard InChI is InChI=1S/C21H22F4N6.ClH/c1-10(12-4-3-5-13(19(12)23)20(24)25)28-21-14-6-18(31-8-15(22)16(26)9-31)27-7-17(14)29-11(2)30-21;/h3-7,10,15-16,20H,8-9,26H2,1-2H3,(H,28,29,30);1H/t10?,15-,16-;/m1./s1. The van der Waals surface area contributed by atoms with E-state index in [0.717, 1.165) is 6.07 Å². The Kier molecular flexibility index (Phi) is 7.04. The maximum atomic E-state index is 14.6. The van der Waals surface area contributed by atoms with Gasteiger partial charge in [-0.3, -0.25) is 0 Å². The number of halogens is 5. The first kappa shape index (κ1) is 23.9. The molecule has 1 aliphatic rings. The highest BCUT2D eigenvalue weighted by Gasteiger charge is 2.31. The summed E-state index contributed by atoms with van der Waals surface area (Å²) in [5.74, 6) is 0.443. The molecule has 172 valence electrons. The van der Waals surface area contributed by atoms with E-state index in [1.54, 1.807) is 31.0 Å². The third kappa shape index (κ3) is 4.56. The number of anilines is 2. The van der Waals surface area contributed by atoms with Crippen LogP contribution in [0.15, 0.2) is 30.5 Å². The van der Waals surface area contributed by atoms with Crippen molar-refractivity contribution in [2.45, 2.75) is 38.5 Å². The molecule has 3 heterocycles.